The van der Waals surface area contributed by atoms with Gasteiger partial charge in [-0.15, -0.1) is 0 Å². The van der Waals surface area contributed by atoms with Gasteiger partial charge in [-0.25, -0.2) is 4.79 Å². The highest BCUT2D eigenvalue weighted by Gasteiger charge is 2.10. The van der Waals surface area contributed by atoms with E-state index in [1.807, 2.05) is 0 Å². The van der Waals surface area contributed by atoms with Gasteiger partial charge in [-0.1, -0.05) is 29.8 Å². The number of benzene rings is 3. The number of nitro groups is 1. The molecule has 3 aromatic rings. The van der Waals surface area contributed by atoms with Crippen molar-refractivity contribution in [1.29, 1.82) is 0 Å². The topological polar surface area (TPSA) is 78.7 Å². The number of hydrogen-bond donors (Lipinski definition) is 0. The molecule has 6 nitrogen and oxygen atoms in total. The molecule has 0 bridgehead atoms. The van der Waals surface area contributed by atoms with Crippen LogP contribution in [0.25, 0.3) is 0 Å². The summed E-state index contributed by atoms with van der Waals surface area (Å²) < 4.78 is 10.9. The quantitative estimate of drug-likeness (QED) is 0.323. The molecule has 0 atom stereocenters. The minimum atomic E-state index is -0.487. The highest BCUT2D eigenvalue weighted by molar-refractivity contribution is 6.30. The van der Waals surface area contributed by atoms with Crippen molar-refractivity contribution in [2.45, 2.75) is 6.61 Å². The van der Waals surface area contributed by atoms with E-state index in [9.17, 15) is 14.9 Å². The van der Waals surface area contributed by atoms with Crippen LogP contribution in [-0.2, 0) is 11.3 Å². The lowest BCUT2D eigenvalue weighted by Gasteiger charge is -2.08. The molecule has 0 aliphatic carbocycles. The summed E-state index contributed by atoms with van der Waals surface area (Å²) in [6.45, 7) is 0.128. The lowest BCUT2D eigenvalue weighted by Crippen LogP contribution is -2.05. The van der Waals surface area contributed by atoms with Crippen LogP contribution in [0, 0.1) is 10.1 Å². The van der Waals surface area contributed by atoms with Crippen LogP contribution in [0.5, 0.6) is 11.5 Å². The first-order valence-corrected chi connectivity index (χ1v) is 8.33. The second-order valence-corrected chi connectivity index (χ2v) is 6.02. The van der Waals surface area contributed by atoms with Crippen molar-refractivity contribution in [2.24, 2.45) is 0 Å². The van der Waals surface area contributed by atoms with Gasteiger partial charge in [-0.2, -0.15) is 0 Å². The van der Waals surface area contributed by atoms with E-state index in [0.29, 0.717) is 22.1 Å². The average molecular weight is 384 g/mol. The third kappa shape index (κ3) is 5.05. The maximum absolute atomic E-state index is 12.2. The van der Waals surface area contributed by atoms with Gasteiger partial charge in [0.1, 0.15) is 18.1 Å². The zero-order chi connectivity index (χ0) is 19.2. The van der Waals surface area contributed by atoms with E-state index in [-0.39, 0.29) is 12.3 Å². The SMILES string of the molecule is O=C(OCc1ccc(Cl)cc1)c1cccc(Oc2ccc([N+](=O)[O-])cc2)c1. The summed E-state index contributed by atoms with van der Waals surface area (Å²) in [7, 11) is 0. The van der Waals surface area contributed by atoms with Crippen LogP contribution in [0.3, 0.4) is 0 Å². The number of halogens is 1. The Bertz CT molecular complexity index is 955. The number of carbonyl (C=O) groups excluding carboxylic acids is 1. The number of non-ortho nitro benzene ring substituents is 1. The summed E-state index contributed by atoms with van der Waals surface area (Å²) in [4.78, 5) is 22.4. The molecule has 0 unspecified atom stereocenters. The van der Waals surface area contributed by atoms with Crippen LogP contribution in [0.15, 0.2) is 72.8 Å². The first-order valence-electron chi connectivity index (χ1n) is 7.95. The Morgan fingerprint density at radius 3 is 2.33 bits per heavy atom. The van der Waals surface area contributed by atoms with E-state index < -0.39 is 10.9 Å². The van der Waals surface area contributed by atoms with Gasteiger partial charge in [0.15, 0.2) is 0 Å². The van der Waals surface area contributed by atoms with Gasteiger partial charge in [0.05, 0.1) is 10.5 Å². The van der Waals surface area contributed by atoms with E-state index in [1.165, 1.54) is 24.3 Å². The summed E-state index contributed by atoms with van der Waals surface area (Å²) in [5.41, 5.74) is 1.14. The monoisotopic (exact) mass is 383 g/mol. The molecule has 7 heteroatoms. The fourth-order valence-corrected chi connectivity index (χ4v) is 2.40. The predicted octanol–water partition coefficient (Wildman–Crippen LogP) is 5.40. The van der Waals surface area contributed by atoms with Gasteiger partial charge >= 0.3 is 5.97 Å². The molecular weight excluding hydrogens is 370 g/mol. The van der Waals surface area contributed by atoms with Crippen LogP contribution in [0.2, 0.25) is 5.02 Å². The summed E-state index contributed by atoms with van der Waals surface area (Å²) in [6, 6.07) is 19.2. The molecule has 0 fully saturated rings. The van der Waals surface area contributed by atoms with Crippen LogP contribution in [0.1, 0.15) is 15.9 Å². The fourth-order valence-electron chi connectivity index (χ4n) is 2.27. The lowest BCUT2D eigenvalue weighted by atomic mass is 10.2. The third-order valence-electron chi connectivity index (χ3n) is 3.64. The zero-order valence-electron chi connectivity index (χ0n) is 14.0. The van der Waals surface area contributed by atoms with Crippen molar-refractivity contribution in [3.05, 3.63) is 99.1 Å². The third-order valence-corrected chi connectivity index (χ3v) is 3.89. The first-order chi connectivity index (χ1) is 13.0. The Labute approximate surface area is 160 Å². The van der Waals surface area contributed by atoms with Crippen molar-refractivity contribution in [3.63, 3.8) is 0 Å². The molecule has 27 heavy (non-hydrogen) atoms. The van der Waals surface area contributed by atoms with Crippen LogP contribution in [-0.4, -0.2) is 10.9 Å². The molecule has 0 saturated carbocycles. The van der Waals surface area contributed by atoms with Crippen molar-refractivity contribution in [1.82, 2.24) is 0 Å². The molecule has 0 radical (unpaired) electrons. The molecule has 0 N–H and O–H groups in total. The molecule has 0 heterocycles. The molecule has 3 rings (SSSR count). The summed E-state index contributed by atoms with van der Waals surface area (Å²) in [5.74, 6) is 0.358. The standard InChI is InChI=1S/C20H14ClNO5/c21-16-6-4-14(5-7-16)13-26-20(23)15-2-1-3-19(12-15)27-18-10-8-17(9-11-18)22(24)25/h1-12H,13H2. The number of hydrogen-bond acceptors (Lipinski definition) is 5. The number of nitro benzene ring substituents is 1. The van der Waals surface area contributed by atoms with Crippen LogP contribution in [0.4, 0.5) is 5.69 Å². The Morgan fingerprint density at radius 1 is 0.963 bits per heavy atom. The Morgan fingerprint density at radius 2 is 1.67 bits per heavy atom. The number of nitrogens with zero attached hydrogens (tertiary/aromatic N) is 1. The molecular formula is C20H14ClNO5. The molecule has 3 aromatic carbocycles. The van der Waals surface area contributed by atoms with Crippen molar-refractivity contribution in [3.8, 4) is 11.5 Å². The van der Waals surface area contributed by atoms with Gasteiger partial charge in [-0.05, 0) is 48.0 Å². The van der Waals surface area contributed by atoms with Gasteiger partial charge in [0.25, 0.3) is 5.69 Å². The van der Waals surface area contributed by atoms with Gasteiger partial charge < -0.3 is 9.47 Å². The molecule has 0 saturated heterocycles. The molecule has 0 aliphatic heterocycles. The number of esters is 1. The Balaban J connectivity index is 1.64. The molecule has 0 spiro atoms. The van der Waals surface area contributed by atoms with Gasteiger partial charge in [0, 0.05) is 17.2 Å². The summed E-state index contributed by atoms with van der Waals surface area (Å²) in [6.07, 6.45) is 0. The second kappa shape index (κ2) is 8.33. The average Bonchev–Trinajstić information content (AvgIpc) is 2.68. The maximum Gasteiger partial charge on any atom is 0.338 e. The van der Waals surface area contributed by atoms with Crippen LogP contribution < -0.4 is 4.74 Å². The van der Waals surface area contributed by atoms with Crippen LogP contribution >= 0.6 is 11.6 Å². The first kappa shape index (κ1) is 18.4. The minimum Gasteiger partial charge on any atom is -0.457 e. The largest absolute Gasteiger partial charge is 0.457 e. The summed E-state index contributed by atoms with van der Waals surface area (Å²) >= 11 is 5.82. The zero-order valence-corrected chi connectivity index (χ0v) is 14.8. The molecule has 0 aromatic heterocycles. The Hall–Kier alpha value is -3.38. The number of carbonyl (C=O) groups is 1. The Kier molecular flexibility index (Phi) is 5.68. The van der Waals surface area contributed by atoms with E-state index in [0.717, 1.165) is 5.56 Å². The number of ether oxygens (including phenoxy) is 2. The van der Waals surface area contributed by atoms with Crippen molar-refractivity contribution >= 4 is 23.3 Å². The van der Waals surface area contributed by atoms with E-state index in [1.54, 1.807) is 48.5 Å². The van der Waals surface area contributed by atoms with Crippen molar-refractivity contribution in [2.75, 3.05) is 0 Å². The van der Waals surface area contributed by atoms with E-state index in [4.69, 9.17) is 21.1 Å². The minimum absolute atomic E-state index is 0.0260. The predicted molar refractivity (Wildman–Crippen MR) is 100 cm³/mol. The highest BCUT2D eigenvalue weighted by atomic mass is 35.5. The fraction of sp³-hybridized carbons (Fsp3) is 0.0500. The second-order valence-electron chi connectivity index (χ2n) is 5.58. The van der Waals surface area contributed by atoms with Gasteiger partial charge in [0.2, 0.25) is 0 Å². The van der Waals surface area contributed by atoms with Gasteiger partial charge in [-0.3, -0.25) is 10.1 Å². The molecule has 136 valence electrons. The summed E-state index contributed by atoms with van der Waals surface area (Å²) in [5, 5.41) is 11.3. The highest BCUT2D eigenvalue weighted by Crippen LogP contribution is 2.25. The van der Waals surface area contributed by atoms with E-state index in [2.05, 4.69) is 0 Å². The normalized spacial score (nSPS) is 10.3. The van der Waals surface area contributed by atoms with E-state index >= 15 is 0 Å². The molecule has 0 aliphatic rings. The molecule has 0 amide bonds. The van der Waals surface area contributed by atoms with Crippen molar-refractivity contribution < 1.29 is 19.2 Å². The maximum atomic E-state index is 12.2. The smallest absolute Gasteiger partial charge is 0.338 e. The number of rotatable bonds is 6. The lowest BCUT2D eigenvalue weighted by molar-refractivity contribution is -0.384.